The largest absolute Gasteiger partial charge is 0.481 e. The summed E-state index contributed by atoms with van der Waals surface area (Å²) in [7, 11) is 0. The SMILES string of the molecule is CCC(C(=O)O)C1CCCc2c(C(=O)c3ccc(Cl)cc3)c3c(SC)ccnc3n21. The maximum atomic E-state index is 13.6. The molecule has 4 rings (SSSR count). The van der Waals surface area contributed by atoms with Gasteiger partial charge in [-0.2, -0.15) is 0 Å². The van der Waals surface area contributed by atoms with E-state index < -0.39 is 11.9 Å². The summed E-state index contributed by atoms with van der Waals surface area (Å²) in [5.74, 6) is -1.39. The molecule has 0 bridgehead atoms. The van der Waals surface area contributed by atoms with Gasteiger partial charge in [-0.1, -0.05) is 18.5 Å². The maximum absolute atomic E-state index is 13.6. The van der Waals surface area contributed by atoms with Gasteiger partial charge < -0.3 is 9.67 Å². The number of nitrogens with zero attached hydrogens (tertiary/aromatic N) is 2. The van der Waals surface area contributed by atoms with Crippen LogP contribution in [0.2, 0.25) is 5.02 Å². The molecule has 2 unspecified atom stereocenters. The number of carboxylic acids is 1. The number of hydrogen-bond acceptors (Lipinski definition) is 4. The number of aromatic nitrogens is 2. The molecule has 30 heavy (non-hydrogen) atoms. The Kier molecular flexibility index (Phi) is 5.89. The summed E-state index contributed by atoms with van der Waals surface area (Å²) in [5, 5.41) is 11.2. The van der Waals surface area contributed by atoms with Crippen LogP contribution in [-0.2, 0) is 11.2 Å². The van der Waals surface area contributed by atoms with Gasteiger partial charge in [-0.05, 0) is 62.3 Å². The first-order chi connectivity index (χ1) is 14.5. The number of rotatable bonds is 6. The van der Waals surface area contributed by atoms with Crippen LogP contribution < -0.4 is 0 Å². The minimum atomic E-state index is -0.802. The van der Waals surface area contributed by atoms with Crippen LogP contribution in [0.5, 0.6) is 0 Å². The molecule has 5 nitrogen and oxygen atoms in total. The topological polar surface area (TPSA) is 72.2 Å². The molecule has 0 saturated carbocycles. The van der Waals surface area contributed by atoms with E-state index in [1.54, 1.807) is 42.2 Å². The van der Waals surface area contributed by atoms with Gasteiger partial charge in [0.05, 0.1) is 11.5 Å². The van der Waals surface area contributed by atoms with Crippen LogP contribution in [0.15, 0.2) is 41.4 Å². The van der Waals surface area contributed by atoms with Crippen molar-refractivity contribution in [3.63, 3.8) is 0 Å². The summed E-state index contributed by atoms with van der Waals surface area (Å²) < 4.78 is 2.05. The molecular formula is C23H23ClN2O3S. The number of carbonyl (C=O) groups excluding carboxylic acids is 1. The van der Waals surface area contributed by atoms with Crippen molar-refractivity contribution in [1.29, 1.82) is 0 Å². The van der Waals surface area contributed by atoms with Crippen LogP contribution in [0.4, 0.5) is 0 Å². The predicted molar refractivity (Wildman–Crippen MR) is 120 cm³/mol. The summed E-state index contributed by atoms with van der Waals surface area (Å²) in [5.41, 5.74) is 2.82. The van der Waals surface area contributed by atoms with E-state index in [1.165, 1.54) is 0 Å². The van der Waals surface area contributed by atoms with E-state index in [9.17, 15) is 14.7 Å². The quantitative estimate of drug-likeness (QED) is 0.395. The Morgan fingerprint density at radius 3 is 2.67 bits per heavy atom. The fourth-order valence-electron chi connectivity index (χ4n) is 4.61. The molecular weight excluding hydrogens is 420 g/mol. The number of carbonyl (C=O) groups is 2. The third kappa shape index (κ3) is 3.42. The second-order valence-corrected chi connectivity index (χ2v) is 8.84. The summed E-state index contributed by atoms with van der Waals surface area (Å²) in [6.45, 7) is 1.90. The lowest BCUT2D eigenvalue weighted by Crippen LogP contribution is -2.30. The maximum Gasteiger partial charge on any atom is 0.308 e. The average molecular weight is 443 g/mol. The van der Waals surface area contributed by atoms with Gasteiger partial charge in [-0.25, -0.2) is 4.98 Å². The Labute approximate surface area is 184 Å². The van der Waals surface area contributed by atoms with E-state index in [2.05, 4.69) is 4.98 Å². The number of carboxylic acid groups (broad SMARTS) is 1. The van der Waals surface area contributed by atoms with Crippen molar-refractivity contribution in [2.75, 3.05) is 6.26 Å². The van der Waals surface area contributed by atoms with Crippen molar-refractivity contribution in [2.24, 2.45) is 5.92 Å². The fraction of sp³-hybridized carbons (Fsp3) is 0.348. The van der Waals surface area contributed by atoms with Crippen LogP contribution in [0.3, 0.4) is 0 Å². The predicted octanol–water partition coefficient (Wildman–Crippen LogP) is 5.63. The number of hydrogen-bond donors (Lipinski definition) is 1. The Hall–Kier alpha value is -2.31. The van der Waals surface area contributed by atoms with E-state index in [-0.39, 0.29) is 11.8 Å². The minimum absolute atomic E-state index is 0.0715. The number of pyridine rings is 1. The number of halogens is 1. The molecule has 1 aromatic carbocycles. The first kappa shape index (κ1) is 20.9. The monoisotopic (exact) mass is 442 g/mol. The summed E-state index contributed by atoms with van der Waals surface area (Å²) in [4.78, 5) is 31.2. The summed E-state index contributed by atoms with van der Waals surface area (Å²) in [6, 6.07) is 8.61. The number of benzene rings is 1. The second kappa shape index (κ2) is 8.44. The Morgan fingerprint density at radius 1 is 1.30 bits per heavy atom. The molecule has 1 N–H and O–H groups in total. The molecule has 0 spiro atoms. The lowest BCUT2D eigenvalue weighted by molar-refractivity contribution is -0.143. The highest BCUT2D eigenvalue weighted by atomic mass is 35.5. The van der Waals surface area contributed by atoms with Crippen molar-refractivity contribution in [1.82, 2.24) is 9.55 Å². The van der Waals surface area contributed by atoms with Crippen LogP contribution in [0.1, 0.15) is 53.8 Å². The van der Waals surface area contributed by atoms with Crippen molar-refractivity contribution >= 4 is 46.1 Å². The second-order valence-electron chi connectivity index (χ2n) is 7.55. The van der Waals surface area contributed by atoms with Crippen LogP contribution in [0.25, 0.3) is 11.0 Å². The van der Waals surface area contributed by atoms with Crippen LogP contribution >= 0.6 is 23.4 Å². The standard InChI is InChI=1S/C23H23ClN2O3S/c1-3-15(23(28)29)16-5-4-6-17-19(21(27)13-7-9-14(24)10-8-13)20-18(30-2)11-12-25-22(20)26(16)17/h7-12,15-16H,3-6H2,1-2H3,(H,28,29). The zero-order chi connectivity index (χ0) is 21.4. The molecule has 0 aliphatic carbocycles. The lowest BCUT2D eigenvalue weighted by atomic mass is 9.88. The van der Waals surface area contributed by atoms with E-state index >= 15 is 0 Å². The Bertz CT molecular complexity index is 1120. The van der Waals surface area contributed by atoms with Gasteiger partial charge in [0.25, 0.3) is 0 Å². The molecule has 2 atom stereocenters. The first-order valence-corrected chi connectivity index (χ1v) is 11.7. The molecule has 1 aliphatic heterocycles. The molecule has 0 amide bonds. The van der Waals surface area contributed by atoms with Crippen molar-refractivity contribution in [3.05, 3.63) is 58.4 Å². The third-order valence-electron chi connectivity index (χ3n) is 5.97. The number of aliphatic carboxylic acids is 1. The molecule has 2 aromatic heterocycles. The summed E-state index contributed by atoms with van der Waals surface area (Å²) in [6.07, 6.45) is 6.59. The van der Waals surface area contributed by atoms with Gasteiger partial charge in [-0.15, -0.1) is 11.8 Å². The summed E-state index contributed by atoms with van der Waals surface area (Å²) >= 11 is 7.58. The normalized spacial score (nSPS) is 17.0. The van der Waals surface area contributed by atoms with Gasteiger partial charge in [0.15, 0.2) is 5.78 Å². The molecule has 0 fully saturated rings. The van der Waals surface area contributed by atoms with Crippen molar-refractivity contribution in [2.45, 2.75) is 43.5 Å². The highest BCUT2D eigenvalue weighted by Crippen LogP contribution is 2.42. The molecule has 3 aromatic rings. The molecule has 0 radical (unpaired) electrons. The molecule has 0 saturated heterocycles. The highest BCUT2D eigenvalue weighted by molar-refractivity contribution is 7.98. The number of ketones is 1. The first-order valence-electron chi connectivity index (χ1n) is 10.1. The fourth-order valence-corrected chi connectivity index (χ4v) is 5.33. The zero-order valence-corrected chi connectivity index (χ0v) is 18.5. The molecule has 156 valence electrons. The van der Waals surface area contributed by atoms with Gasteiger partial charge in [0, 0.05) is 38.8 Å². The van der Waals surface area contributed by atoms with Crippen LogP contribution in [-0.4, -0.2) is 32.7 Å². The molecule has 1 aliphatic rings. The Balaban J connectivity index is 2.00. The van der Waals surface area contributed by atoms with Gasteiger partial charge in [0.2, 0.25) is 0 Å². The highest BCUT2D eigenvalue weighted by Gasteiger charge is 2.36. The van der Waals surface area contributed by atoms with E-state index in [0.29, 0.717) is 28.2 Å². The van der Waals surface area contributed by atoms with E-state index in [1.807, 2.05) is 23.8 Å². The van der Waals surface area contributed by atoms with Gasteiger partial charge in [0.1, 0.15) is 5.65 Å². The third-order valence-corrected chi connectivity index (χ3v) is 7.00. The number of thioether (sulfide) groups is 1. The van der Waals surface area contributed by atoms with Gasteiger partial charge in [-0.3, -0.25) is 9.59 Å². The van der Waals surface area contributed by atoms with Crippen molar-refractivity contribution < 1.29 is 14.7 Å². The van der Waals surface area contributed by atoms with Crippen LogP contribution in [0, 0.1) is 5.92 Å². The average Bonchev–Trinajstić information content (AvgIpc) is 3.09. The molecule has 7 heteroatoms. The van der Waals surface area contributed by atoms with Gasteiger partial charge >= 0.3 is 5.97 Å². The Morgan fingerprint density at radius 2 is 2.03 bits per heavy atom. The van der Waals surface area contributed by atoms with Crippen molar-refractivity contribution in [3.8, 4) is 0 Å². The van der Waals surface area contributed by atoms with E-state index in [4.69, 9.17) is 11.6 Å². The molecule has 3 heterocycles. The lowest BCUT2D eigenvalue weighted by Gasteiger charge is -2.31. The smallest absolute Gasteiger partial charge is 0.308 e. The number of fused-ring (bicyclic) bond motifs is 3. The van der Waals surface area contributed by atoms with E-state index in [0.717, 1.165) is 35.2 Å². The minimum Gasteiger partial charge on any atom is -0.481 e. The zero-order valence-electron chi connectivity index (χ0n) is 16.9.